The number of hydrogen-bond acceptors (Lipinski definition) is 4. The third-order valence-electron chi connectivity index (χ3n) is 2.57. The minimum atomic E-state index is -0.178. The summed E-state index contributed by atoms with van der Waals surface area (Å²) >= 11 is 1.71. The van der Waals surface area contributed by atoms with E-state index in [9.17, 15) is 4.79 Å². The number of carbonyl (C=O) groups excluding carboxylic acids is 1. The molecule has 1 atom stereocenters. The molecule has 2 aromatic rings. The zero-order valence-corrected chi connectivity index (χ0v) is 11.1. The van der Waals surface area contributed by atoms with Crippen LogP contribution in [0.25, 0.3) is 0 Å². The lowest BCUT2D eigenvalue weighted by Gasteiger charge is -2.14. The Bertz CT molecular complexity index is 525. The van der Waals surface area contributed by atoms with Crippen LogP contribution in [0.2, 0.25) is 0 Å². The molecule has 0 aliphatic carbocycles. The maximum atomic E-state index is 11.5. The lowest BCUT2D eigenvalue weighted by molar-refractivity contribution is 0.0958. The van der Waals surface area contributed by atoms with E-state index in [1.807, 2.05) is 12.1 Å². The van der Waals surface area contributed by atoms with Crippen molar-refractivity contribution in [3.05, 3.63) is 46.4 Å². The van der Waals surface area contributed by atoms with Gasteiger partial charge in [-0.25, -0.2) is 0 Å². The summed E-state index contributed by atoms with van der Waals surface area (Å²) in [5.41, 5.74) is 1.31. The normalized spacial score (nSPS) is 11.9. The summed E-state index contributed by atoms with van der Waals surface area (Å²) in [5.74, 6) is -0.178. The fourth-order valence-electron chi connectivity index (χ4n) is 1.63. The molecule has 0 bridgehead atoms. The Balaban J connectivity index is 2.12. The molecule has 4 nitrogen and oxygen atoms in total. The molecule has 2 rings (SSSR count). The number of carbonyl (C=O) groups is 1. The van der Waals surface area contributed by atoms with E-state index in [0.717, 1.165) is 5.69 Å². The molecule has 94 valence electrons. The highest BCUT2D eigenvalue weighted by Crippen LogP contribution is 2.22. The van der Waals surface area contributed by atoms with Crippen LogP contribution in [0.1, 0.15) is 28.3 Å². The maximum absolute atomic E-state index is 11.5. The minimum absolute atomic E-state index is 0.178. The quantitative estimate of drug-likeness (QED) is 0.889. The van der Waals surface area contributed by atoms with Crippen LogP contribution in [0.15, 0.2) is 35.8 Å². The Kier molecular flexibility index (Phi) is 3.94. The summed E-state index contributed by atoms with van der Waals surface area (Å²) in [4.78, 5) is 16.8. The molecule has 2 aromatic heterocycles. The Morgan fingerprint density at radius 3 is 2.94 bits per heavy atom. The number of aromatic nitrogens is 1. The van der Waals surface area contributed by atoms with Gasteiger partial charge in [0.05, 0.1) is 6.04 Å². The predicted octanol–water partition coefficient (Wildman–Crippen LogP) is 2.68. The first-order chi connectivity index (χ1) is 8.70. The van der Waals surface area contributed by atoms with E-state index < -0.39 is 0 Å². The average Bonchev–Trinajstić information content (AvgIpc) is 2.92. The lowest BCUT2D eigenvalue weighted by Crippen LogP contribution is -2.19. The van der Waals surface area contributed by atoms with Crippen LogP contribution in [-0.2, 0) is 0 Å². The fraction of sp³-hybridized carbons (Fsp3) is 0.231. The molecule has 0 radical (unpaired) electrons. The van der Waals surface area contributed by atoms with Gasteiger partial charge in [-0.15, -0.1) is 11.3 Å². The van der Waals surface area contributed by atoms with Gasteiger partial charge in [-0.2, -0.15) is 0 Å². The first-order valence-electron chi connectivity index (χ1n) is 5.69. The second kappa shape index (κ2) is 5.64. The van der Waals surface area contributed by atoms with E-state index in [4.69, 9.17) is 0 Å². The maximum Gasteiger partial charge on any atom is 0.269 e. The van der Waals surface area contributed by atoms with Crippen molar-refractivity contribution in [1.29, 1.82) is 0 Å². The Morgan fingerprint density at radius 1 is 1.44 bits per heavy atom. The van der Waals surface area contributed by atoms with E-state index in [1.165, 1.54) is 4.88 Å². The van der Waals surface area contributed by atoms with Crippen molar-refractivity contribution in [2.24, 2.45) is 0 Å². The Hall–Kier alpha value is -1.88. The molecule has 18 heavy (non-hydrogen) atoms. The van der Waals surface area contributed by atoms with Gasteiger partial charge < -0.3 is 10.6 Å². The molecule has 5 heteroatoms. The number of pyridine rings is 1. The van der Waals surface area contributed by atoms with Gasteiger partial charge in [-0.1, -0.05) is 6.07 Å². The van der Waals surface area contributed by atoms with Crippen molar-refractivity contribution in [2.45, 2.75) is 13.0 Å². The first kappa shape index (κ1) is 12.6. The molecule has 2 heterocycles. The third-order valence-corrected chi connectivity index (χ3v) is 3.63. The van der Waals surface area contributed by atoms with Gasteiger partial charge in [0.1, 0.15) is 5.69 Å². The van der Waals surface area contributed by atoms with E-state index in [1.54, 1.807) is 30.6 Å². The number of nitrogens with zero attached hydrogens (tertiary/aromatic N) is 1. The fourth-order valence-corrected chi connectivity index (χ4v) is 2.37. The monoisotopic (exact) mass is 261 g/mol. The van der Waals surface area contributed by atoms with E-state index in [2.05, 4.69) is 34.0 Å². The Morgan fingerprint density at radius 2 is 2.28 bits per heavy atom. The molecule has 0 aliphatic heterocycles. The van der Waals surface area contributed by atoms with Crippen LogP contribution in [0.3, 0.4) is 0 Å². The van der Waals surface area contributed by atoms with E-state index >= 15 is 0 Å². The summed E-state index contributed by atoms with van der Waals surface area (Å²) in [7, 11) is 1.60. The number of amides is 1. The summed E-state index contributed by atoms with van der Waals surface area (Å²) in [6.45, 7) is 2.09. The number of anilines is 1. The lowest BCUT2D eigenvalue weighted by atomic mass is 10.2. The van der Waals surface area contributed by atoms with Crippen molar-refractivity contribution in [3.63, 3.8) is 0 Å². The van der Waals surface area contributed by atoms with E-state index in [-0.39, 0.29) is 11.9 Å². The second-order valence-electron chi connectivity index (χ2n) is 3.89. The Labute approximate surface area is 110 Å². The van der Waals surface area contributed by atoms with Gasteiger partial charge in [-0.3, -0.25) is 9.78 Å². The number of nitrogens with one attached hydrogen (secondary N) is 2. The molecule has 0 aromatic carbocycles. The third kappa shape index (κ3) is 2.87. The molecule has 0 aliphatic rings. The van der Waals surface area contributed by atoms with Crippen molar-refractivity contribution in [3.8, 4) is 0 Å². The summed E-state index contributed by atoms with van der Waals surface area (Å²) in [6.07, 6.45) is 1.63. The van der Waals surface area contributed by atoms with Crippen LogP contribution in [0, 0.1) is 0 Å². The zero-order valence-electron chi connectivity index (χ0n) is 10.3. The van der Waals surface area contributed by atoms with Gasteiger partial charge in [0.15, 0.2) is 0 Å². The van der Waals surface area contributed by atoms with E-state index in [0.29, 0.717) is 5.69 Å². The first-order valence-corrected chi connectivity index (χ1v) is 6.56. The van der Waals surface area contributed by atoms with Gasteiger partial charge in [-0.05, 0) is 30.5 Å². The predicted molar refractivity (Wildman–Crippen MR) is 74.0 cm³/mol. The average molecular weight is 261 g/mol. The van der Waals surface area contributed by atoms with Gasteiger partial charge in [0.25, 0.3) is 5.91 Å². The van der Waals surface area contributed by atoms with Crippen molar-refractivity contribution in [2.75, 3.05) is 12.4 Å². The molecular formula is C13H15N3OS. The largest absolute Gasteiger partial charge is 0.378 e. The standard InChI is InChI=1S/C13H15N3OS/c1-9(12-4-3-7-18-12)16-10-5-6-15-11(8-10)13(17)14-2/h3-9H,1-2H3,(H,14,17)(H,15,16). The SMILES string of the molecule is CNC(=O)c1cc(NC(C)c2cccs2)ccn1. The summed E-state index contributed by atoms with van der Waals surface area (Å²) in [5, 5.41) is 7.97. The number of hydrogen-bond donors (Lipinski definition) is 2. The van der Waals surface area contributed by atoms with Gasteiger partial charge in [0, 0.05) is 23.8 Å². The van der Waals surface area contributed by atoms with Crippen molar-refractivity contribution < 1.29 is 4.79 Å². The highest BCUT2D eigenvalue weighted by molar-refractivity contribution is 7.10. The molecule has 1 unspecified atom stereocenters. The van der Waals surface area contributed by atoms with Crippen LogP contribution < -0.4 is 10.6 Å². The topological polar surface area (TPSA) is 54.0 Å². The number of thiophene rings is 1. The minimum Gasteiger partial charge on any atom is -0.378 e. The van der Waals surface area contributed by atoms with Crippen molar-refractivity contribution in [1.82, 2.24) is 10.3 Å². The van der Waals surface area contributed by atoms with Gasteiger partial charge in [0.2, 0.25) is 0 Å². The highest BCUT2D eigenvalue weighted by atomic mass is 32.1. The molecule has 0 fully saturated rings. The highest BCUT2D eigenvalue weighted by Gasteiger charge is 2.09. The molecule has 0 spiro atoms. The van der Waals surface area contributed by atoms with Crippen LogP contribution in [0.5, 0.6) is 0 Å². The molecular weight excluding hydrogens is 246 g/mol. The second-order valence-corrected chi connectivity index (χ2v) is 4.87. The smallest absolute Gasteiger partial charge is 0.269 e. The molecule has 2 N–H and O–H groups in total. The summed E-state index contributed by atoms with van der Waals surface area (Å²) in [6, 6.07) is 7.94. The summed E-state index contributed by atoms with van der Waals surface area (Å²) < 4.78 is 0. The van der Waals surface area contributed by atoms with Crippen LogP contribution in [-0.4, -0.2) is 17.9 Å². The molecule has 0 saturated heterocycles. The molecule has 1 amide bonds. The molecule has 0 saturated carbocycles. The van der Waals surface area contributed by atoms with Crippen LogP contribution in [0.4, 0.5) is 5.69 Å². The van der Waals surface area contributed by atoms with Gasteiger partial charge >= 0.3 is 0 Å². The zero-order chi connectivity index (χ0) is 13.0. The van der Waals surface area contributed by atoms with Crippen LogP contribution >= 0.6 is 11.3 Å². The number of rotatable bonds is 4. The van der Waals surface area contributed by atoms with Crippen molar-refractivity contribution >= 4 is 22.9 Å².